The first-order valence-electron chi connectivity index (χ1n) is 6.82. The molecule has 3 nitrogen and oxygen atoms in total. The number of aryl methyl sites for hydroxylation is 1. The molecule has 2 aromatic rings. The van der Waals surface area contributed by atoms with Gasteiger partial charge in [-0.2, -0.15) is 4.31 Å². The average Bonchev–Trinajstić information content (AvgIpc) is 2.37. The van der Waals surface area contributed by atoms with Crippen LogP contribution in [0, 0.1) is 6.92 Å². The molecule has 0 N–H and O–H groups in total. The summed E-state index contributed by atoms with van der Waals surface area (Å²) >= 11 is 6.00. The van der Waals surface area contributed by atoms with Crippen molar-refractivity contribution < 1.29 is 8.42 Å². The Morgan fingerprint density at radius 2 is 1.86 bits per heavy atom. The maximum atomic E-state index is 12.7. The predicted molar refractivity (Wildman–Crippen MR) is 83.9 cm³/mol. The van der Waals surface area contributed by atoms with E-state index in [9.17, 15) is 8.42 Å². The van der Waals surface area contributed by atoms with Crippen molar-refractivity contribution in [3.63, 3.8) is 0 Å². The summed E-state index contributed by atoms with van der Waals surface area (Å²) in [5.41, 5.74) is 1.99. The van der Waals surface area contributed by atoms with Gasteiger partial charge in [-0.05, 0) is 43.2 Å². The van der Waals surface area contributed by atoms with E-state index in [1.54, 1.807) is 22.5 Å². The fourth-order valence-corrected chi connectivity index (χ4v) is 4.40. The standard InChI is InChI=1S/C16H16ClNO2S/c1-12-5-7-15(8-6-12)21(19,20)18-10-9-16(18)13-3-2-4-14(17)11-13/h2-8,11,16H,9-10H2,1H3. The molecular weight excluding hydrogens is 306 g/mol. The molecule has 3 rings (SSSR count). The molecule has 0 bridgehead atoms. The first kappa shape index (κ1) is 14.6. The minimum Gasteiger partial charge on any atom is -0.207 e. The summed E-state index contributed by atoms with van der Waals surface area (Å²) in [5.74, 6) is 0. The molecule has 1 aliphatic rings. The van der Waals surface area contributed by atoms with Gasteiger partial charge in [0.15, 0.2) is 0 Å². The molecular formula is C16H16ClNO2S. The van der Waals surface area contributed by atoms with Crippen LogP contribution in [0.2, 0.25) is 5.02 Å². The van der Waals surface area contributed by atoms with Gasteiger partial charge in [0.25, 0.3) is 0 Å². The second kappa shape index (κ2) is 5.44. The van der Waals surface area contributed by atoms with Crippen molar-refractivity contribution in [2.75, 3.05) is 6.54 Å². The predicted octanol–water partition coefficient (Wildman–Crippen LogP) is 3.78. The summed E-state index contributed by atoms with van der Waals surface area (Å²) < 4.78 is 26.9. The summed E-state index contributed by atoms with van der Waals surface area (Å²) in [7, 11) is -3.44. The second-order valence-electron chi connectivity index (χ2n) is 5.29. The second-order valence-corrected chi connectivity index (χ2v) is 7.62. The molecule has 2 aromatic carbocycles. The molecule has 0 aliphatic carbocycles. The Bertz CT molecular complexity index is 756. The summed E-state index contributed by atoms with van der Waals surface area (Å²) in [4.78, 5) is 0.347. The van der Waals surface area contributed by atoms with Gasteiger partial charge in [-0.25, -0.2) is 8.42 Å². The van der Waals surface area contributed by atoms with Gasteiger partial charge in [0.2, 0.25) is 10.0 Å². The fourth-order valence-electron chi connectivity index (χ4n) is 2.54. The van der Waals surface area contributed by atoms with Crippen LogP contribution in [0.25, 0.3) is 0 Å². The first-order valence-corrected chi connectivity index (χ1v) is 8.64. The van der Waals surface area contributed by atoms with Crippen LogP contribution in [0.5, 0.6) is 0 Å². The lowest BCUT2D eigenvalue weighted by molar-refractivity contribution is 0.202. The van der Waals surface area contributed by atoms with Crippen molar-refractivity contribution in [1.29, 1.82) is 0 Å². The Kier molecular flexibility index (Phi) is 3.78. The lowest BCUT2D eigenvalue weighted by Crippen LogP contribution is -2.44. The number of sulfonamides is 1. The van der Waals surface area contributed by atoms with Crippen LogP contribution in [-0.4, -0.2) is 19.3 Å². The summed E-state index contributed by atoms with van der Waals surface area (Å²) in [6.45, 7) is 2.49. The van der Waals surface area contributed by atoms with Gasteiger partial charge in [0.1, 0.15) is 0 Å². The van der Waals surface area contributed by atoms with Crippen LogP contribution in [0.15, 0.2) is 53.4 Å². The molecule has 0 saturated carbocycles. The molecule has 110 valence electrons. The van der Waals surface area contributed by atoms with E-state index in [1.165, 1.54) is 0 Å². The molecule has 1 fully saturated rings. The summed E-state index contributed by atoms with van der Waals surface area (Å²) in [6, 6.07) is 14.3. The maximum Gasteiger partial charge on any atom is 0.243 e. The molecule has 0 spiro atoms. The average molecular weight is 322 g/mol. The van der Waals surface area contributed by atoms with Crippen LogP contribution in [0.3, 0.4) is 0 Å². The zero-order chi connectivity index (χ0) is 15.0. The highest BCUT2D eigenvalue weighted by molar-refractivity contribution is 7.89. The number of hydrogen-bond acceptors (Lipinski definition) is 2. The van der Waals surface area contributed by atoms with Gasteiger partial charge in [0, 0.05) is 11.6 Å². The third-order valence-electron chi connectivity index (χ3n) is 3.83. The highest BCUT2D eigenvalue weighted by atomic mass is 35.5. The topological polar surface area (TPSA) is 37.4 Å². The van der Waals surface area contributed by atoms with Crippen LogP contribution in [0.1, 0.15) is 23.6 Å². The quantitative estimate of drug-likeness (QED) is 0.862. The molecule has 21 heavy (non-hydrogen) atoms. The van der Waals surface area contributed by atoms with Gasteiger partial charge < -0.3 is 0 Å². The Morgan fingerprint density at radius 1 is 1.14 bits per heavy atom. The highest BCUT2D eigenvalue weighted by Crippen LogP contribution is 2.38. The zero-order valence-corrected chi connectivity index (χ0v) is 13.2. The largest absolute Gasteiger partial charge is 0.243 e. The molecule has 1 unspecified atom stereocenters. The fraction of sp³-hybridized carbons (Fsp3) is 0.250. The number of benzene rings is 2. The normalized spacial score (nSPS) is 19.2. The van der Waals surface area contributed by atoms with Crippen molar-refractivity contribution in [2.45, 2.75) is 24.3 Å². The lowest BCUT2D eigenvalue weighted by Gasteiger charge is -2.40. The summed E-state index contributed by atoms with van der Waals surface area (Å²) in [5, 5.41) is 0.632. The Morgan fingerprint density at radius 3 is 2.43 bits per heavy atom. The van der Waals surface area contributed by atoms with E-state index < -0.39 is 10.0 Å². The van der Waals surface area contributed by atoms with Crippen LogP contribution in [0.4, 0.5) is 0 Å². The SMILES string of the molecule is Cc1ccc(S(=O)(=O)N2CCC2c2cccc(Cl)c2)cc1. The van der Waals surface area contributed by atoms with E-state index in [1.807, 2.05) is 37.3 Å². The lowest BCUT2D eigenvalue weighted by atomic mass is 9.98. The number of nitrogens with zero attached hydrogens (tertiary/aromatic N) is 1. The Hall–Kier alpha value is -1.36. The Labute approximate surface area is 130 Å². The molecule has 0 aromatic heterocycles. The molecule has 1 heterocycles. The van der Waals surface area contributed by atoms with Gasteiger partial charge in [-0.15, -0.1) is 0 Å². The molecule has 0 amide bonds. The molecule has 1 aliphatic heterocycles. The van der Waals surface area contributed by atoms with Crippen molar-refractivity contribution in [3.05, 3.63) is 64.7 Å². The van der Waals surface area contributed by atoms with Crippen LogP contribution < -0.4 is 0 Å². The highest BCUT2D eigenvalue weighted by Gasteiger charge is 2.39. The number of hydrogen-bond donors (Lipinski definition) is 0. The minimum absolute atomic E-state index is 0.116. The van der Waals surface area contributed by atoms with Gasteiger partial charge in [-0.3, -0.25) is 0 Å². The van der Waals surface area contributed by atoms with Gasteiger partial charge in [-0.1, -0.05) is 41.4 Å². The molecule has 1 saturated heterocycles. The smallest absolute Gasteiger partial charge is 0.207 e. The molecule has 0 radical (unpaired) electrons. The van der Waals surface area contributed by atoms with Gasteiger partial charge in [0.05, 0.1) is 10.9 Å². The van der Waals surface area contributed by atoms with E-state index in [0.29, 0.717) is 16.5 Å². The van der Waals surface area contributed by atoms with Crippen molar-refractivity contribution >= 4 is 21.6 Å². The van der Waals surface area contributed by atoms with Gasteiger partial charge >= 0.3 is 0 Å². The summed E-state index contributed by atoms with van der Waals surface area (Å²) in [6.07, 6.45) is 0.825. The van der Waals surface area contributed by atoms with Crippen molar-refractivity contribution in [3.8, 4) is 0 Å². The van der Waals surface area contributed by atoms with Crippen molar-refractivity contribution in [1.82, 2.24) is 4.31 Å². The van der Waals surface area contributed by atoms with Crippen LogP contribution >= 0.6 is 11.6 Å². The minimum atomic E-state index is -3.44. The Balaban J connectivity index is 1.91. The third kappa shape index (κ3) is 2.71. The third-order valence-corrected chi connectivity index (χ3v) is 5.99. The molecule has 1 atom stereocenters. The monoisotopic (exact) mass is 321 g/mol. The first-order chi connectivity index (χ1) is 9.98. The van der Waals surface area contributed by atoms with E-state index >= 15 is 0 Å². The zero-order valence-electron chi connectivity index (χ0n) is 11.7. The van der Waals surface area contributed by atoms with Crippen LogP contribution in [-0.2, 0) is 10.0 Å². The number of halogens is 1. The van der Waals surface area contributed by atoms with Crippen molar-refractivity contribution in [2.24, 2.45) is 0 Å². The van der Waals surface area contributed by atoms with E-state index in [2.05, 4.69) is 0 Å². The van der Waals surface area contributed by atoms with E-state index in [4.69, 9.17) is 11.6 Å². The maximum absolute atomic E-state index is 12.7. The van der Waals surface area contributed by atoms with E-state index in [-0.39, 0.29) is 6.04 Å². The molecule has 5 heteroatoms. The van der Waals surface area contributed by atoms with E-state index in [0.717, 1.165) is 17.5 Å². The number of rotatable bonds is 3.